The molecule has 3 aromatic rings. The fourth-order valence-corrected chi connectivity index (χ4v) is 2.42. The Hall–Kier alpha value is -2.40. The van der Waals surface area contributed by atoms with Crippen molar-refractivity contribution in [2.24, 2.45) is 0 Å². The Kier molecular flexibility index (Phi) is 3.83. The van der Waals surface area contributed by atoms with Crippen LogP contribution >= 0.6 is 0 Å². The van der Waals surface area contributed by atoms with Crippen LogP contribution in [0.1, 0.15) is 23.8 Å². The van der Waals surface area contributed by atoms with Crippen LogP contribution in [0.4, 0.5) is 5.82 Å². The fourth-order valence-electron chi connectivity index (χ4n) is 2.42. The summed E-state index contributed by atoms with van der Waals surface area (Å²) in [6.45, 7) is 2.09. The van der Waals surface area contributed by atoms with Crippen molar-refractivity contribution < 1.29 is 9.52 Å². The van der Waals surface area contributed by atoms with Crippen LogP contribution < -0.4 is 5.32 Å². The van der Waals surface area contributed by atoms with E-state index in [9.17, 15) is 5.11 Å². The zero-order chi connectivity index (χ0) is 14.7. The maximum atomic E-state index is 9.26. The molecule has 0 bridgehead atoms. The predicted molar refractivity (Wildman–Crippen MR) is 81.0 cm³/mol. The first kappa shape index (κ1) is 13.6. The zero-order valence-corrected chi connectivity index (χ0v) is 11.8. The molecule has 0 amide bonds. The van der Waals surface area contributed by atoms with E-state index >= 15 is 0 Å². The molecule has 5 nitrogen and oxygen atoms in total. The van der Waals surface area contributed by atoms with E-state index in [0.29, 0.717) is 6.42 Å². The van der Waals surface area contributed by atoms with E-state index < -0.39 is 0 Å². The predicted octanol–water partition coefficient (Wildman–Crippen LogP) is 3.07. The number of aryl methyl sites for hydroxylation is 1. The fraction of sp³-hybridized carbons (Fsp3) is 0.250. The number of benzene rings is 1. The number of aliphatic hydroxyl groups is 1. The number of rotatable bonds is 5. The Morgan fingerprint density at radius 3 is 2.90 bits per heavy atom. The van der Waals surface area contributed by atoms with Gasteiger partial charge in [-0.15, -0.1) is 0 Å². The van der Waals surface area contributed by atoms with Crippen molar-refractivity contribution in [3.8, 4) is 0 Å². The van der Waals surface area contributed by atoms with Crippen molar-refractivity contribution in [2.75, 3.05) is 11.9 Å². The Balaban J connectivity index is 1.98. The number of nitrogens with one attached hydrogen (secondary N) is 1. The summed E-state index contributed by atoms with van der Waals surface area (Å²) < 4.78 is 5.44. The van der Waals surface area contributed by atoms with E-state index in [4.69, 9.17) is 4.42 Å². The smallest absolute Gasteiger partial charge is 0.137 e. The van der Waals surface area contributed by atoms with Crippen LogP contribution in [-0.4, -0.2) is 21.7 Å². The number of furan rings is 1. The average molecular weight is 283 g/mol. The molecule has 21 heavy (non-hydrogen) atoms. The first-order valence-electron chi connectivity index (χ1n) is 6.90. The van der Waals surface area contributed by atoms with Crippen LogP contribution in [-0.2, 0) is 0 Å². The van der Waals surface area contributed by atoms with E-state index in [1.165, 1.54) is 0 Å². The van der Waals surface area contributed by atoms with Gasteiger partial charge in [0.15, 0.2) is 0 Å². The molecule has 2 aromatic heterocycles. The lowest BCUT2D eigenvalue weighted by atomic mass is 10.1. The Morgan fingerprint density at radius 1 is 1.24 bits per heavy atom. The van der Waals surface area contributed by atoms with E-state index in [1.54, 1.807) is 12.6 Å². The second kappa shape index (κ2) is 5.93. The molecule has 0 saturated carbocycles. The minimum absolute atomic E-state index is 0.0699. The molecule has 5 heteroatoms. The van der Waals surface area contributed by atoms with E-state index in [-0.39, 0.29) is 12.6 Å². The van der Waals surface area contributed by atoms with Gasteiger partial charge in [0.1, 0.15) is 17.9 Å². The zero-order valence-electron chi connectivity index (χ0n) is 11.8. The highest BCUT2D eigenvalue weighted by Crippen LogP contribution is 2.27. The Labute approximate surface area is 122 Å². The van der Waals surface area contributed by atoms with Crippen LogP contribution in [0.25, 0.3) is 10.9 Å². The average Bonchev–Trinajstić information content (AvgIpc) is 3.02. The third-order valence-electron chi connectivity index (χ3n) is 3.48. The molecule has 0 saturated heterocycles. The Morgan fingerprint density at radius 2 is 2.14 bits per heavy atom. The van der Waals surface area contributed by atoms with Gasteiger partial charge in [-0.25, -0.2) is 9.97 Å². The van der Waals surface area contributed by atoms with Crippen LogP contribution in [0, 0.1) is 6.92 Å². The standard InChI is InChI=1S/C16H17N3O2/c1-11-4-2-5-12-15(11)17-10-18-16(12)19-13(7-8-20)14-6-3-9-21-14/h2-6,9-10,13,20H,7-8H2,1H3,(H,17,18,19). The third kappa shape index (κ3) is 2.73. The molecule has 2 N–H and O–H groups in total. The van der Waals surface area contributed by atoms with Gasteiger partial charge in [0.05, 0.1) is 17.8 Å². The molecule has 0 fully saturated rings. The first-order chi connectivity index (χ1) is 10.3. The summed E-state index contributed by atoms with van der Waals surface area (Å²) in [5.41, 5.74) is 2.03. The topological polar surface area (TPSA) is 71.2 Å². The Bertz CT molecular complexity index is 725. The molecular weight excluding hydrogens is 266 g/mol. The van der Waals surface area contributed by atoms with Crippen molar-refractivity contribution in [2.45, 2.75) is 19.4 Å². The van der Waals surface area contributed by atoms with E-state index in [2.05, 4.69) is 15.3 Å². The van der Waals surface area contributed by atoms with Gasteiger partial charge in [0, 0.05) is 12.0 Å². The largest absolute Gasteiger partial charge is 0.467 e. The number of aromatic nitrogens is 2. The van der Waals surface area contributed by atoms with Crippen molar-refractivity contribution in [1.29, 1.82) is 0 Å². The van der Waals surface area contributed by atoms with Crippen molar-refractivity contribution in [3.63, 3.8) is 0 Å². The first-order valence-corrected chi connectivity index (χ1v) is 6.90. The van der Waals surface area contributed by atoms with Gasteiger partial charge in [-0.05, 0) is 37.1 Å². The van der Waals surface area contributed by atoms with Gasteiger partial charge in [-0.3, -0.25) is 0 Å². The van der Waals surface area contributed by atoms with Gasteiger partial charge in [-0.2, -0.15) is 0 Å². The quantitative estimate of drug-likeness (QED) is 0.753. The molecule has 3 rings (SSSR count). The molecule has 0 aliphatic heterocycles. The number of hydrogen-bond acceptors (Lipinski definition) is 5. The number of anilines is 1. The summed E-state index contributed by atoms with van der Waals surface area (Å²) in [7, 11) is 0. The minimum atomic E-state index is -0.122. The summed E-state index contributed by atoms with van der Waals surface area (Å²) in [5.74, 6) is 1.53. The maximum absolute atomic E-state index is 9.26. The highest BCUT2D eigenvalue weighted by atomic mass is 16.3. The lowest BCUT2D eigenvalue weighted by molar-refractivity contribution is 0.273. The van der Waals surface area contributed by atoms with Crippen LogP contribution in [0.2, 0.25) is 0 Å². The van der Waals surface area contributed by atoms with Gasteiger partial charge in [0.25, 0.3) is 0 Å². The molecular formula is C16H17N3O2. The number of hydrogen-bond donors (Lipinski definition) is 2. The number of aliphatic hydroxyl groups excluding tert-OH is 1. The second-order valence-electron chi connectivity index (χ2n) is 4.92. The number of nitrogens with zero attached hydrogens (tertiary/aromatic N) is 2. The third-order valence-corrected chi connectivity index (χ3v) is 3.48. The van der Waals surface area contributed by atoms with Crippen molar-refractivity contribution in [3.05, 3.63) is 54.2 Å². The van der Waals surface area contributed by atoms with Gasteiger partial charge in [-0.1, -0.05) is 12.1 Å². The van der Waals surface area contributed by atoms with Gasteiger partial charge in [0.2, 0.25) is 0 Å². The van der Waals surface area contributed by atoms with Gasteiger partial charge >= 0.3 is 0 Å². The van der Waals surface area contributed by atoms with Crippen molar-refractivity contribution >= 4 is 16.7 Å². The summed E-state index contributed by atoms with van der Waals surface area (Å²) in [6.07, 6.45) is 3.73. The number of para-hydroxylation sites is 1. The van der Waals surface area contributed by atoms with Crippen LogP contribution in [0.3, 0.4) is 0 Å². The molecule has 0 aliphatic carbocycles. The molecule has 2 heterocycles. The second-order valence-corrected chi connectivity index (χ2v) is 4.92. The summed E-state index contributed by atoms with van der Waals surface area (Å²) in [4.78, 5) is 8.67. The van der Waals surface area contributed by atoms with E-state index in [0.717, 1.165) is 28.0 Å². The van der Waals surface area contributed by atoms with Crippen LogP contribution in [0.5, 0.6) is 0 Å². The minimum Gasteiger partial charge on any atom is -0.467 e. The SMILES string of the molecule is Cc1cccc2c(NC(CCO)c3ccco3)ncnc12. The summed E-state index contributed by atoms with van der Waals surface area (Å²) >= 11 is 0. The molecule has 1 aromatic carbocycles. The maximum Gasteiger partial charge on any atom is 0.137 e. The summed E-state index contributed by atoms with van der Waals surface area (Å²) in [5, 5.41) is 13.6. The molecule has 1 unspecified atom stereocenters. The lowest BCUT2D eigenvalue weighted by Crippen LogP contribution is -2.13. The molecule has 1 atom stereocenters. The number of fused-ring (bicyclic) bond motifs is 1. The molecule has 108 valence electrons. The van der Waals surface area contributed by atoms with E-state index in [1.807, 2.05) is 37.3 Å². The van der Waals surface area contributed by atoms with Crippen molar-refractivity contribution in [1.82, 2.24) is 9.97 Å². The van der Waals surface area contributed by atoms with Gasteiger partial charge < -0.3 is 14.8 Å². The molecule has 0 radical (unpaired) electrons. The molecule has 0 aliphatic rings. The lowest BCUT2D eigenvalue weighted by Gasteiger charge is -2.17. The highest BCUT2D eigenvalue weighted by Gasteiger charge is 2.16. The normalized spacial score (nSPS) is 12.5. The summed E-state index contributed by atoms with van der Waals surface area (Å²) in [6, 6.07) is 9.61. The monoisotopic (exact) mass is 283 g/mol. The van der Waals surface area contributed by atoms with Crippen LogP contribution in [0.15, 0.2) is 47.3 Å². The molecule has 0 spiro atoms. The highest BCUT2D eigenvalue weighted by molar-refractivity contribution is 5.90.